The highest BCUT2D eigenvalue weighted by atomic mass is 16.7. The number of rotatable bonds is 23. The fourth-order valence-corrected chi connectivity index (χ4v) is 12.2. The molecule has 25 N–H and O–H groups in total. The number of nitrogens with one attached hydrogen (secondary N) is 8. The number of unbranched alkanes of at least 4 members (excludes halogenated alkanes) is 3. The number of aliphatic hydroxyl groups excluding tert-OH is 13. The van der Waals surface area contributed by atoms with Crippen molar-refractivity contribution in [3.63, 3.8) is 0 Å². The Labute approximate surface area is 566 Å². The van der Waals surface area contributed by atoms with Gasteiger partial charge in [0.25, 0.3) is 0 Å². The first-order chi connectivity index (χ1) is 47.2. The number of carbonyl (C=O) groups excluding carboxylic acids is 7. The third kappa shape index (κ3) is 18.7. The summed E-state index contributed by atoms with van der Waals surface area (Å²) >= 11 is 0. The standard InChI is InChI=1S/C61H90N12O26/c1-3-4-5-9-12-37(78)94-24-35-44(82)46(84)49(87)59(98-35)99-51-34(23-76)97-58(50(88)47(51)85)95-28-15-13-26(14-16-28)17-29-53(90)71-39(41(79)30-18-65-60(62)69-30)56(93)72-40(42(80)32-19-66-61(63)73(32)57-48(86)45(83)43(81)33(22-75)96-57)55(92)68-31(21-74)52(89)64-20-36(77)70-38(54(91)67-29)25(2)27-10-7-6-8-11-27/h6-8,10-11,13-16,25,29-35,38-51,57-59,74-76,79-88H,3-5,9,12,17-24H2,1-2H3,(H11,62,63,64,65,66,67,68,69,70,71,72,77,89,90,91,92,93)/p+1/t25-,29-,30+,31?,32+,33+,34-,35+,38+,39+,40-,41-,42-,43+,44+,45+,46+,47+,48+,49+,50-,51-,57-,58+,59+/m1/s1. The lowest BCUT2D eigenvalue weighted by Crippen LogP contribution is -2.68. The van der Waals surface area contributed by atoms with Gasteiger partial charge < -0.3 is 138 Å². The molecular formula is C61H91N12O26+. The molecule has 0 aliphatic carbocycles. The Kier molecular flexibility index (Phi) is 27.4. The summed E-state index contributed by atoms with van der Waals surface area (Å²) in [4.78, 5) is 104. The van der Waals surface area contributed by atoms with Crippen LogP contribution >= 0.6 is 0 Å². The number of amides is 6. The van der Waals surface area contributed by atoms with Gasteiger partial charge >= 0.3 is 11.9 Å². The fourth-order valence-electron chi connectivity index (χ4n) is 12.2. The summed E-state index contributed by atoms with van der Waals surface area (Å²) in [6, 6.07) is 0.793. The highest BCUT2D eigenvalue weighted by molar-refractivity contribution is 5.98. The second kappa shape index (κ2) is 35.1. The van der Waals surface area contributed by atoms with Gasteiger partial charge in [0, 0.05) is 25.3 Å². The third-order valence-corrected chi connectivity index (χ3v) is 18.0. The van der Waals surface area contributed by atoms with Crippen LogP contribution in [0.3, 0.4) is 0 Å². The van der Waals surface area contributed by atoms with E-state index in [9.17, 15) is 90.4 Å². The van der Waals surface area contributed by atoms with E-state index in [2.05, 4.69) is 47.5 Å². The molecule has 38 nitrogen and oxygen atoms in total. The van der Waals surface area contributed by atoms with Crippen LogP contribution in [0.25, 0.3) is 0 Å². The molecule has 6 aliphatic heterocycles. The number of nitrogens with zero attached hydrogens (tertiary/aromatic N) is 2. The van der Waals surface area contributed by atoms with E-state index >= 15 is 9.59 Å². The maximum atomic E-state index is 15.2. The molecule has 550 valence electrons. The summed E-state index contributed by atoms with van der Waals surface area (Å²) in [6.45, 7) is -1.53. The molecule has 0 spiro atoms. The monoisotopic (exact) mass is 1410 g/mol. The normalized spacial score (nSPS) is 35.4. The van der Waals surface area contributed by atoms with Crippen molar-refractivity contribution in [3.05, 3.63) is 65.7 Å². The van der Waals surface area contributed by atoms with Crippen LogP contribution in [0, 0.1) is 0 Å². The van der Waals surface area contributed by atoms with Gasteiger partial charge in [-0.15, -0.1) is 0 Å². The first-order valence-electron chi connectivity index (χ1n) is 32.4. The third-order valence-electron chi connectivity index (χ3n) is 18.0. The topological polar surface area (TPSA) is 602 Å². The Balaban J connectivity index is 1.07. The molecule has 0 bridgehead atoms. The van der Waals surface area contributed by atoms with E-state index in [1.807, 2.05) is 6.92 Å². The minimum absolute atomic E-state index is 0.0756. The molecule has 6 aliphatic rings. The maximum absolute atomic E-state index is 15.2. The molecule has 2 aromatic carbocycles. The van der Waals surface area contributed by atoms with Crippen molar-refractivity contribution in [1.82, 2.24) is 42.5 Å². The van der Waals surface area contributed by atoms with E-state index in [0.29, 0.717) is 12.0 Å². The molecule has 0 radical (unpaired) electrons. The number of aliphatic hydroxyl groups is 13. The average Bonchev–Trinajstić information content (AvgIpc) is 1.74. The van der Waals surface area contributed by atoms with E-state index in [1.54, 1.807) is 37.3 Å². The molecule has 4 fully saturated rings. The molecule has 99 heavy (non-hydrogen) atoms. The van der Waals surface area contributed by atoms with E-state index in [-0.39, 0.29) is 36.2 Å². The lowest BCUT2D eigenvalue weighted by Gasteiger charge is -2.45. The van der Waals surface area contributed by atoms with Gasteiger partial charge in [-0.25, -0.2) is 9.57 Å². The van der Waals surface area contributed by atoms with Crippen molar-refractivity contribution in [2.24, 2.45) is 16.5 Å². The number of guanidine groups is 2. The molecule has 4 saturated heterocycles. The first kappa shape index (κ1) is 77.1. The Morgan fingerprint density at radius 3 is 1.89 bits per heavy atom. The van der Waals surface area contributed by atoms with E-state index in [1.165, 1.54) is 24.3 Å². The Morgan fingerprint density at radius 2 is 1.23 bits per heavy atom. The van der Waals surface area contributed by atoms with Crippen molar-refractivity contribution in [3.8, 4) is 5.75 Å². The zero-order valence-electron chi connectivity index (χ0n) is 54.0. The minimum atomic E-state index is -2.34. The molecule has 38 heteroatoms. The lowest BCUT2D eigenvalue weighted by atomic mass is 9.92. The molecule has 0 saturated carbocycles. The van der Waals surface area contributed by atoms with Gasteiger partial charge in [0.15, 0.2) is 12.2 Å². The predicted molar refractivity (Wildman–Crippen MR) is 335 cm³/mol. The van der Waals surface area contributed by atoms with Crippen LogP contribution in [0.4, 0.5) is 0 Å². The van der Waals surface area contributed by atoms with Crippen molar-refractivity contribution in [2.45, 2.75) is 205 Å². The zero-order chi connectivity index (χ0) is 72.1. The zero-order valence-corrected chi connectivity index (χ0v) is 54.0. The number of nitrogens with two attached hydrogens (primary N) is 2. The van der Waals surface area contributed by atoms with Gasteiger partial charge in [0.05, 0.1) is 32.4 Å². The van der Waals surface area contributed by atoms with Gasteiger partial charge in [-0.3, -0.25) is 44.6 Å². The highest BCUT2D eigenvalue weighted by Gasteiger charge is 2.55. The second-order valence-electron chi connectivity index (χ2n) is 24.9. The van der Waals surface area contributed by atoms with Crippen molar-refractivity contribution in [2.75, 3.05) is 46.1 Å². The predicted octanol–water partition coefficient (Wildman–Crippen LogP) is -11.8. The quantitative estimate of drug-likeness (QED) is 0.0279. The number of benzene rings is 2. The van der Waals surface area contributed by atoms with Gasteiger partial charge in [0.1, 0.15) is 141 Å². The van der Waals surface area contributed by atoms with Crippen molar-refractivity contribution in [1.29, 1.82) is 0 Å². The number of ether oxygens (including phenoxy) is 6. The summed E-state index contributed by atoms with van der Waals surface area (Å²) < 4.78 is 35.1. The summed E-state index contributed by atoms with van der Waals surface area (Å²) in [5.41, 5.74) is 12.9. The SMILES string of the molecule is CCCCCCC(=O)OC[C@@H]1O[C@@H](O[C@H]2[C@@H](O)[C@@H](O)[C@@H](Oc3ccc(C[C@H]4NC(=O)[C@H]([C@H](C)c5ccccc5)NC(=O)CNC(=O)C(CO)NC(=O)[C@@H]([C@H](O)[C@@H]5CNC(N)=[N+]5[C@@H]5O[C@@H](CO)[C@H](O)[C@H](O)[C@@H]5O)NC(=O)[C@H]([C@H](O)[C@@H]5CNC(N)=N5)NC4=O)cc3)O[C@@H]2CO)[C@@H](O)[C@@H](O)[C@H]1O. The summed E-state index contributed by atoms with van der Waals surface area (Å²) in [5, 5.41) is 163. The van der Waals surface area contributed by atoms with E-state index in [4.69, 9.17) is 39.9 Å². The van der Waals surface area contributed by atoms with Crippen LogP contribution in [-0.4, -0.2) is 317 Å². The van der Waals surface area contributed by atoms with Crippen LogP contribution < -0.4 is 58.7 Å². The minimum Gasteiger partial charge on any atom is -0.463 e. The summed E-state index contributed by atoms with van der Waals surface area (Å²) in [7, 11) is 0. The van der Waals surface area contributed by atoms with Gasteiger partial charge in [-0.2, -0.15) is 0 Å². The smallest absolute Gasteiger partial charge is 0.346 e. The fraction of sp³-hybridized carbons (Fsp3) is 0.656. The molecule has 6 heterocycles. The van der Waals surface area contributed by atoms with Gasteiger partial charge in [-0.05, 0) is 29.7 Å². The van der Waals surface area contributed by atoms with E-state index in [0.717, 1.165) is 23.8 Å². The molecule has 6 amide bonds. The number of hydrogen-bond donors (Lipinski definition) is 23. The Bertz CT molecular complexity index is 3140. The van der Waals surface area contributed by atoms with Crippen LogP contribution in [0.1, 0.15) is 63.0 Å². The van der Waals surface area contributed by atoms with Crippen LogP contribution in [-0.2, 0) is 63.7 Å². The van der Waals surface area contributed by atoms with Gasteiger partial charge in [-0.1, -0.05) is 75.6 Å². The summed E-state index contributed by atoms with van der Waals surface area (Å²) in [5.74, 6) is -9.49. The second-order valence-corrected chi connectivity index (χ2v) is 24.9. The van der Waals surface area contributed by atoms with Crippen molar-refractivity contribution >= 4 is 53.3 Å². The molecule has 8 rings (SSSR count). The molecule has 2 aromatic rings. The van der Waals surface area contributed by atoms with Crippen LogP contribution in [0.5, 0.6) is 5.75 Å². The molecule has 25 atom stereocenters. The molecular weight excluding hydrogens is 1320 g/mol. The number of aliphatic imine (C=N–C) groups is 1. The van der Waals surface area contributed by atoms with Crippen molar-refractivity contribution < 1.29 is 133 Å². The summed E-state index contributed by atoms with van der Waals surface area (Å²) in [6.07, 6.45) is -28.7. The maximum Gasteiger partial charge on any atom is 0.346 e. The first-order valence-corrected chi connectivity index (χ1v) is 32.4. The average molecular weight is 1410 g/mol. The lowest BCUT2D eigenvalue weighted by molar-refractivity contribution is -0.663. The van der Waals surface area contributed by atoms with E-state index < -0.39 is 240 Å². The van der Waals surface area contributed by atoms with Crippen LogP contribution in [0.15, 0.2) is 59.6 Å². The molecule has 1 unspecified atom stereocenters. The van der Waals surface area contributed by atoms with Crippen LogP contribution in [0.2, 0.25) is 0 Å². The van der Waals surface area contributed by atoms with Gasteiger partial charge in [0.2, 0.25) is 48.0 Å². The number of hydrogen-bond acceptors (Lipinski definition) is 31. The largest absolute Gasteiger partial charge is 0.463 e. The Hall–Kier alpha value is -7.61. The number of esters is 1. The number of carbonyl (C=O) groups is 7. The Morgan fingerprint density at radius 1 is 0.616 bits per heavy atom. The highest BCUT2D eigenvalue weighted by Crippen LogP contribution is 2.32. The molecule has 0 aromatic heterocycles.